The Morgan fingerprint density at radius 3 is 0.815 bits per heavy atom. The third-order valence-electron chi connectivity index (χ3n) is 5.03. The number of hydrogen-bond acceptors (Lipinski definition) is 0. The molecule has 0 nitrogen and oxygen atoms in total. The molecule has 0 aliphatic heterocycles. The summed E-state index contributed by atoms with van der Waals surface area (Å²) in [6.07, 6.45) is -4.38. The first-order valence-electron chi connectivity index (χ1n) is 9.82. The second-order valence-corrected chi connectivity index (χ2v) is 14.9. The first kappa shape index (κ1) is 24.9. The minimum atomic E-state index is -4.38. The fraction of sp³-hybridized carbons (Fsp3) is 0.739. The third kappa shape index (κ3) is 5.08. The first-order chi connectivity index (χ1) is 11.5. The van der Waals surface area contributed by atoms with Crippen molar-refractivity contribution >= 4 is 27.7 Å². The fourth-order valence-corrected chi connectivity index (χ4v) is 10.2. The first-order valence-corrected chi connectivity index (χ1v) is 12.7. The molecule has 0 N–H and O–H groups in total. The van der Waals surface area contributed by atoms with E-state index in [1.165, 1.54) is 3.32 Å². The van der Waals surface area contributed by atoms with Gasteiger partial charge < -0.3 is 0 Å². The molecule has 0 radical (unpaired) electrons. The SMILES string of the molecule is CC(C)(C)c1[c]([InH2])c(C(C)(C)C)c(C(C)(C)C)c(C(F)(F)F)c1C(C)(C)C. The zero-order valence-electron chi connectivity index (χ0n) is 19.6. The van der Waals surface area contributed by atoms with E-state index in [0.717, 1.165) is 11.1 Å². The van der Waals surface area contributed by atoms with Crippen molar-refractivity contribution in [2.24, 2.45) is 0 Å². The Morgan fingerprint density at radius 2 is 0.667 bits per heavy atom. The third-order valence-corrected chi connectivity index (χ3v) is 7.89. The van der Waals surface area contributed by atoms with Crippen molar-refractivity contribution in [3.8, 4) is 0 Å². The van der Waals surface area contributed by atoms with Crippen LogP contribution in [0.4, 0.5) is 13.2 Å². The van der Waals surface area contributed by atoms with Crippen LogP contribution in [0.1, 0.15) is 111 Å². The minimum absolute atomic E-state index is 0.0558. The molecule has 27 heavy (non-hydrogen) atoms. The maximum absolute atomic E-state index is 14.7. The summed E-state index contributed by atoms with van der Waals surface area (Å²) in [5.74, 6) is 0. The van der Waals surface area contributed by atoms with Crippen molar-refractivity contribution < 1.29 is 13.2 Å². The van der Waals surface area contributed by atoms with E-state index in [1.54, 1.807) is 0 Å². The molecule has 0 saturated carbocycles. The molecule has 0 spiro atoms. The van der Waals surface area contributed by atoms with E-state index in [-0.39, 0.29) is 40.8 Å². The molecule has 1 rings (SSSR count). The van der Waals surface area contributed by atoms with Gasteiger partial charge in [-0.05, 0) is 0 Å². The Hall–Kier alpha value is -0.120. The van der Waals surface area contributed by atoms with Gasteiger partial charge in [-0.25, -0.2) is 0 Å². The zero-order valence-corrected chi connectivity index (χ0v) is 25.3. The van der Waals surface area contributed by atoms with Crippen molar-refractivity contribution in [2.75, 3.05) is 0 Å². The predicted molar refractivity (Wildman–Crippen MR) is 114 cm³/mol. The van der Waals surface area contributed by atoms with Gasteiger partial charge in [-0.2, -0.15) is 0 Å². The Bertz CT molecular complexity index is 660. The van der Waals surface area contributed by atoms with Crippen LogP contribution in [-0.4, -0.2) is 24.4 Å². The van der Waals surface area contributed by atoms with Gasteiger partial charge in [0.1, 0.15) is 0 Å². The van der Waals surface area contributed by atoms with E-state index < -0.39 is 17.0 Å². The number of alkyl halides is 3. The van der Waals surface area contributed by atoms with Crippen LogP contribution < -0.4 is 3.32 Å². The molecule has 4 heteroatoms. The number of rotatable bonds is 0. The molecule has 0 unspecified atom stereocenters. The average Bonchev–Trinajstić information content (AvgIpc) is 2.29. The van der Waals surface area contributed by atoms with E-state index in [1.807, 2.05) is 41.5 Å². The zero-order chi connectivity index (χ0) is 22.0. The van der Waals surface area contributed by atoms with E-state index in [2.05, 4.69) is 41.5 Å². The van der Waals surface area contributed by atoms with Crippen LogP contribution >= 0.6 is 0 Å². The molecule has 0 aliphatic carbocycles. The second-order valence-electron chi connectivity index (χ2n) is 12.0. The van der Waals surface area contributed by atoms with Gasteiger partial charge in [-0.1, -0.05) is 0 Å². The quantitative estimate of drug-likeness (QED) is 0.413. The van der Waals surface area contributed by atoms with Crippen molar-refractivity contribution in [1.82, 2.24) is 0 Å². The second kappa shape index (κ2) is 6.99. The van der Waals surface area contributed by atoms with Crippen molar-refractivity contribution in [3.63, 3.8) is 0 Å². The molecule has 0 amide bonds. The molecule has 154 valence electrons. The summed E-state index contributed by atoms with van der Waals surface area (Å²) in [6, 6.07) is 0. The van der Waals surface area contributed by atoms with E-state index in [0.29, 0.717) is 11.1 Å². The molecule has 0 aliphatic rings. The number of benzene rings is 1. The fourth-order valence-electron chi connectivity index (χ4n) is 4.53. The van der Waals surface area contributed by atoms with Crippen LogP contribution in [0.25, 0.3) is 0 Å². The summed E-state index contributed by atoms with van der Waals surface area (Å²) in [7, 11) is 0. The Balaban J connectivity index is 4.58. The molecular formula is C23H38F3In. The van der Waals surface area contributed by atoms with Crippen molar-refractivity contribution in [2.45, 2.75) is 111 Å². The van der Waals surface area contributed by atoms with Gasteiger partial charge in [-0.3, -0.25) is 0 Å². The number of halogens is 3. The van der Waals surface area contributed by atoms with Crippen molar-refractivity contribution in [1.29, 1.82) is 0 Å². The Morgan fingerprint density at radius 1 is 0.444 bits per heavy atom. The summed E-state index contributed by atoms with van der Waals surface area (Å²) in [5, 5.41) is 0. The Kier molecular flexibility index (Phi) is 6.45. The van der Waals surface area contributed by atoms with E-state index >= 15 is 0 Å². The van der Waals surface area contributed by atoms with Crippen LogP contribution in [0.3, 0.4) is 0 Å². The Labute approximate surface area is 179 Å². The number of hydrogen-bond donors (Lipinski definition) is 0. The molecular weight excluding hydrogens is 448 g/mol. The summed E-state index contributed by atoms with van der Waals surface area (Å²) in [6.45, 7) is 23.9. The van der Waals surface area contributed by atoms with E-state index in [9.17, 15) is 13.2 Å². The molecule has 0 saturated heterocycles. The van der Waals surface area contributed by atoms with Crippen LogP contribution in [-0.2, 0) is 27.8 Å². The molecule has 0 heterocycles. The average molecular weight is 486 g/mol. The van der Waals surface area contributed by atoms with Crippen molar-refractivity contribution in [3.05, 3.63) is 27.8 Å². The van der Waals surface area contributed by atoms with Crippen LogP contribution in [0.2, 0.25) is 0 Å². The topological polar surface area (TPSA) is 0 Å². The standard InChI is InChI=1S/C23H36F3.In.2H/c1-19(2,3)14-13-15(20(4,5)6)17(22(10,11)12)18(23(24,25)26)16(14)21(7,8)9;;;/h1-12H3;;;. The van der Waals surface area contributed by atoms with Gasteiger partial charge in [0.15, 0.2) is 0 Å². The van der Waals surface area contributed by atoms with Crippen LogP contribution in [0.5, 0.6) is 0 Å². The maximum atomic E-state index is 14.7. The van der Waals surface area contributed by atoms with E-state index in [4.69, 9.17) is 0 Å². The molecule has 0 bridgehead atoms. The van der Waals surface area contributed by atoms with Gasteiger partial charge in [-0.15, -0.1) is 0 Å². The van der Waals surface area contributed by atoms with Crippen LogP contribution in [0.15, 0.2) is 0 Å². The van der Waals surface area contributed by atoms with Gasteiger partial charge in [0.2, 0.25) is 0 Å². The van der Waals surface area contributed by atoms with Gasteiger partial charge in [0.05, 0.1) is 0 Å². The molecule has 1 aromatic rings. The monoisotopic (exact) mass is 486 g/mol. The summed E-state index contributed by atoms with van der Waals surface area (Å²) >= 11 is 0.0558. The molecule has 1 aromatic carbocycles. The molecule has 0 atom stereocenters. The summed E-state index contributed by atoms with van der Waals surface area (Å²) in [4.78, 5) is 0. The summed E-state index contributed by atoms with van der Waals surface area (Å²) < 4.78 is 45.2. The van der Waals surface area contributed by atoms with Gasteiger partial charge >= 0.3 is 180 Å². The summed E-state index contributed by atoms with van der Waals surface area (Å²) in [5.41, 5.74) is 0.687. The molecule has 0 fully saturated rings. The van der Waals surface area contributed by atoms with Gasteiger partial charge in [0.25, 0.3) is 0 Å². The molecule has 0 aromatic heterocycles. The van der Waals surface area contributed by atoms with Crippen LogP contribution in [0, 0.1) is 0 Å². The van der Waals surface area contributed by atoms with Gasteiger partial charge in [0, 0.05) is 0 Å². The normalized spacial score (nSPS) is 14.6. The predicted octanol–water partition coefficient (Wildman–Crippen LogP) is 6.15.